The van der Waals surface area contributed by atoms with E-state index in [1.165, 1.54) is 0 Å². The topological polar surface area (TPSA) is 55.6 Å². The molecule has 20 heavy (non-hydrogen) atoms. The minimum Gasteiger partial charge on any atom is -0.364 e. The van der Waals surface area contributed by atoms with Crippen LogP contribution in [0.15, 0.2) is 24.3 Å². The third-order valence-electron chi connectivity index (χ3n) is 3.93. The molecule has 1 fully saturated rings. The molecular weight excluding hydrogens is 276 g/mol. The number of carbonyl (C=O) groups excluding carboxylic acids is 1. The fourth-order valence-corrected chi connectivity index (χ4v) is 2.57. The summed E-state index contributed by atoms with van der Waals surface area (Å²) < 4.78 is 5.66. The summed E-state index contributed by atoms with van der Waals surface area (Å²) >= 11 is 5.88. The zero-order chi connectivity index (χ0) is 14.7. The first kappa shape index (κ1) is 15.3. The van der Waals surface area contributed by atoms with Gasteiger partial charge in [-0.25, -0.2) is 0 Å². The van der Waals surface area contributed by atoms with E-state index < -0.39 is 0 Å². The van der Waals surface area contributed by atoms with Crippen molar-refractivity contribution in [1.82, 2.24) is 4.90 Å². The van der Waals surface area contributed by atoms with Gasteiger partial charge in [0.15, 0.2) is 0 Å². The summed E-state index contributed by atoms with van der Waals surface area (Å²) in [5.41, 5.74) is 6.63. The number of halogens is 1. The molecule has 0 aromatic heterocycles. The number of hydrogen-bond acceptors (Lipinski definition) is 3. The minimum absolute atomic E-state index is 0.0136. The maximum atomic E-state index is 12.4. The maximum absolute atomic E-state index is 12.4. The number of rotatable bonds is 4. The fraction of sp³-hybridized carbons (Fsp3) is 0.533. The molecule has 1 amide bonds. The van der Waals surface area contributed by atoms with E-state index in [-0.39, 0.29) is 24.2 Å². The van der Waals surface area contributed by atoms with Gasteiger partial charge in [-0.1, -0.05) is 23.7 Å². The first-order valence-corrected chi connectivity index (χ1v) is 7.28. The zero-order valence-electron chi connectivity index (χ0n) is 11.9. The van der Waals surface area contributed by atoms with Crippen LogP contribution in [0.4, 0.5) is 0 Å². The van der Waals surface area contributed by atoms with Gasteiger partial charge in [-0.3, -0.25) is 4.79 Å². The SMILES string of the molecule is CC(c1ccc(Cl)cc1)N(C)C(=O)C1CCC(CN)O1. The number of carbonyl (C=O) groups is 1. The summed E-state index contributed by atoms with van der Waals surface area (Å²) in [4.78, 5) is 14.2. The van der Waals surface area contributed by atoms with Crippen LogP contribution in [0.1, 0.15) is 31.4 Å². The van der Waals surface area contributed by atoms with Crippen LogP contribution in [0.2, 0.25) is 5.02 Å². The Kier molecular flexibility index (Phi) is 5.02. The molecule has 2 N–H and O–H groups in total. The van der Waals surface area contributed by atoms with E-state index in [1.807, 2.05) is 31.2 Å². The van der Waals surface area contributed by atoms with Gasteiger partial charge in [-0.15, -0.1) is 0 Å². The molecule has 110 valence electrons. The van der Waals surface area contributed by atoms with Crippen LogP contribution in [-0.2, 0) is 9.53 Å². The normalized spacial score (nSPS) is 23.6. The number of likely N-dealkylation sites (N-methyl/N-ethyl adjacent to an activating group) is 1. The maximum Gasteiger partial charge on any atom is 0.251 e. The standard InChI is InChI=1S/C15H21ClN2O2/c1-10(11-3-5-12(16)6-4-11)18(2)15(19)14-8-7-13(9-17)20-14/h3-6,10,13-14H,7-9,17H2,1-2H3. The Balaban J connectivity index is 2.01. The first-order chi connectivity index (χ1) is 9.52. The van der Waals surface area contributed by atoms with Crippen LogP contribution < -0.4 is 5.73 Å². The molecule has 1 aliphatic heterocycles. The predicted molar refractivity (Wildman–Crippen MR) is 79.6 cm³/mol. The van der Waals surface area contributed by atoms with Gasteiger partial charge in [-0.2, -0.15) is 0 Å². The van der Waals surface area contributed by atoms with Crippen molar-refractivity contribution in [1.29, 1.82) is 0 Å². The highest BCUT2D eigenvalue weighted by Gasteiger charge is 2.33. The van der Waals surface area contributed by atoms with E-state index in [1.54, 1.807) is 11.9 Å². The average Bonchev–Trinajstić information content (AvgIpc) is 2.94. The van der Waals surface area contributed by atoms with Crippen molar-refractivity contribution in [3.8, 4) is 0 Å². The van der Waals surface area contributed by atoms with Gasteiger partial charge in [0.2, 0.25) is 0 Å². The minimum atomic E-state index is -0.358. The fourth-order valence-electron chi connectivity index (χ4n) is 2.44. The number of ether oxygens (including phenoxy) is 1. The van der Waals surface area contributed by atoms with Crippen molar-refractivity contribution >= 4 is 17.5 Å². The van der Waals surface area contributed by atoms with Crippen molar-refractivity contribution in [2.24, 2.45) is 5.73 Å². The molecule has 2 rings (SSSR count). The lowest BCUT2D eigenvalue weighted by Gasteiger charge is -2.28. The quantitative estimate of drug-likeness (QED) is 0.928. The number of nitrogens with two attached hydrogens (primary N) is 1. The van der Waals surface area contributed by atoms with Gasteiger partial charge in [-0.05, 0) is 37.5 Å². The molecule has 0 spiro atoms. The van der Waals surface area contributed by atoms with Gasteiger partial charge < -0.3 is 15.4 Å². The van der Waals surface area contributed by atoms with Gasteiger partial charge in [0, 0.05) is 18.6 Å². The molecule has 0 radical (unpaired) electrons. The Morgan fingerprint density at radius 1 is 1.45 bits per heavy atom. The molecular formula is C15H21ClN2O2. The second kappa shape index (κ2) is 6.57. The highest BCUT2D eigenvalue weighted by molar-refractivity contribution is 6.30. The second-order valence-corrected chi connectivity index (χ2v) is 5.67. The number of nitrogens with zero attached hydrogens (tertiary/aromatic N) is 1. The molecule has 0 aliphatic carbocycles. The second-order valence-electron chi connectivity index (χ2n) is 5.24. The Morgan fingerprint density at radius 2 is 2.10 bits per heavy atom. The average molecular weight is 297 g/mol. The Labute approximate surface area is 124 Å². The Bertz CT molecular complexity index is 463. The molecule has 1 heterocycles. The summed E-state index contributed by atoms with van der Waals surface area (Å²) in [6, 6.07) is 7.54. The molecule has 3 atom stereocenters. The van der Waals surface area contributed by atoms with E-state index >= 15 is 0 Å². The molecule has 0 bridgehead atoms. The van der Waals surface area contributed by atoms with E-state index in [0.717, 1.165) is 18.4 Å². The lowest BCUT2D eigenvalue weighted by atomic mass is 10.1. The van der Waals surface area contributed by atoms with Crippen LogP contribution in [0.3, 0.4) is 0 Å². The number of benzene rings is 1. The Morgan fingerprint density at radius 3 is 2.65 bits per heavy atom. The van der Waals surface area contributed by atoms with Crippen LogP contribution >= 0.6 is 11.6 Å². The predicted octanol–water partition coefficient (Wildman–Crippen LogP) is 2.37. The summed E-state index contributed by atoms with van der Waals surface area (Å²) in [7, 11) is 1.81. The van der Waals surface area contributed by atoms with Gasteiger partial charge in [0.25, 0.3) is 5.91 Å². The van der Waals surface area contributed by atoms with E-state index in [2.05, 4.69) is 0 Å². The van der Waals surface area contributed by atoms with Crippen LogP contribution in [-0.4, -0.2) is 36.6 Å². The number of hydrogen-bond donors (Lipinski definition) is 1. The van der Waals surface area contributed by atoms with Crippen molar-refractivity contribution < 1.29 is 9.53 Å². The largest absolute Gasteiger partial charge is 0.364 e. The molecule has 0 saturated carbocycles. The van der Waals surface area contributed by atoms with Crippen LogP contribution in [0, 0.1) is 0 Å². The molecule has 5 heteroatoms. The summed E-state index contributed by atoms with van der Waals surface area (Å²) in [6.07, 6.45) is 1.26. The van der Waals surface area contributed by atoms with E-state index in [0.29, 0.717) is 11.6 Å². The monoisotopic (exact) mass is 296 g/mol. The summed E-state index contributed by atoms with van der Waals surface area (Å²) in [5, 5.41) is 0.694. The van der Waals surface area contributed by atoms with E-state index in [4.69, 9.17) is 22.1 Å². The van der Waals surface area contributed by atoms with E-state index in [9.17, 15) is 4.79 Å². The van der Waals surface area contributed by atoms with Crippen molar-refractivity contribution in [3.05, 3.63) is 34.9 Å². The molecule has 1 aromatic carbocycles. The highest BCUT2D eigenvalue weighted by Crippen LogP contribution is 2.25. The number of amides is 1. The molecule has 1 saturated heterocycles. The van der Waals surface area contributed by atoms with Gasteiger partial charge in [0.1, 0.15) is 6.10 Å². The smallest absolute Gasteiger partial charge is 0.251 e. The lowest BCUT2D eigenvalue weighted by Crippen LogP contribution is -2.38. The third-order valence-corrected chi connectivity index (χ3v) is 4.18. The van der Waals surface area contributed by atoms with Gasteiger partial charge >= 0.3 is 0 Å². The third kappa shape index (κ3) is 3.32. The molecule has 4 nitrogen and oxygen atoms in total. The first-order valence-electron chi connectivity index (χ1n) is 6.90. The van der Waals surface area contributed by atoms with Crippen molar-refractivity contribution in [2.75, 3.05) is 13.6 Å². The van der Waals surface area contributed by atoms with Crippen molar-refractivity contribution in [3.63, 3.8) is 0 Å². The molecule has 1 aromatic rings. The zero-order valence-corrected chi connectivity index (χ0v) is 12.6. The van der Waals surface area contributed by atoms with Crippen LogP contribution in [0.25, 0.3) is 0 Å². The highest BCUT2D eigenvalue weighted by atomic mass is 35.5. The summed E-state index contributed by atoms with van der Waals surface area (Å²) in [5.74, 6) is 0.0170. The molecule has 1 aliphatic rings. The summed E-state index contributed by atoms with van der Waals surface area (Å²) in [6.45, 7) is 2.47. The van der Waals surface area contributed by atoms with Crippen LogP contribution in [0.5, 0.6) is 0 Å². The van der Waals surface area contributed by atoms with Crippen molar-refractivity contribution in [2.45, 2.75) is 38.0 Å². The lowest BCUT2D eigenvalue weighted by molar-refractivity contribution is -0.143. The Hall–Kier alpha value is -1.10. The molecule has 3 unspecified atom stereocenters. The van der Waals surface area contributed by atoms with Gasteiger partial charge in [0.05, 0.1) is 12.1 Å².